The largest absolute Gasteiger partial charge is 0.573 e. The van der Waals surface area contributed by atoms with Crippen LogP contribution < -0.4 is 9.47 Å². The molecule has 2 aromatic heterocycles. The minimum Gasteiger partial charge on any atom is -0.406 e. The number of rotatable bonds is 10. The predicted molar refractivity (Wildman–Crippen MR) is 192 cm³/mol. The highest BCUT2D eigenvalue weighted by molar-refractivity contribution is 6.30. The number of aromatic nitrogens is 2. The van der Waals surface area contributed by atoms with Crippen LogP contribution in [-0.2, 0) is 12.8 Å². The smallest absolute Gasteiger partial charge is 0.406 e. The fraction of sp³-hybridized carbons (Fsp3) is 0.125. The van der Waals surface area contributed by atoms with Crippen LogP contribution in [0.2, 0.25) is 10.0 Å². The second-order valence-electron chi connectivity index (χ2n) is 11.8. The van der Waals surface area contributed by atoms with E-state index in [2.05, 4.69) is 19.4 Å². The monoisotopic (exact) mass is 820 g/mol. The first-order valence-corrected chi connectivity index (χ1v) is 16.9. The zero-order valence-electron chi connectivity index (χ0n) is 28.4. The van der Waals surface area contributed by atoms with Crippen LogP contribution in [-0.4, -0.2) is 33.6 Å². The molecule has 1 N–H and O–H groups in total. The first-order chi connectivity index (χ1) is 26.4. The molecule has 0 aliphatic carbocycles. The van der Waals surface area contributed by atoms with Crippen molar-refractivity contribution in [3.63, 3.8) is 0 Å². The molecule has 4 aromatic carbocycles. The molecule has 0 aliphatic rings. The number of carbonyl (C=O) groups is 1. The molecule has 0 aliphatic heterocycles. The molecule has 0 fully saturated rings. The SMILES string of the molecule is O=C(Cc1ccc(Cl)cc1F)c1ccc(-c2ccc(OC(F)(F)F)cc2)cn1.OC(Cc1ccc(Cl)cc1F)c1ccc(-c2ccc(OC(F)(F)F)cc2)cn1. The molecule has 1 unspecified atom stereocenters. The van der Waals surface area contributed by atoms with Crippen molar-refractivity contribution in [1.82, 2.24) is 9.97 Å². The number of benzene rings is 4. The highest BCUT2D eigenvalue weighted by Crippen LogP contribution is 2.29. The molecule has 6 rings (SSSR count). The summed E-state index contributed by atoms with van der Waals surface area (Å²) in [4.78, 5) is 20.5. The van der Waals surface area contributed by atoms with Gasteiger partial charge in [-0.25, -0.2) is 8.78 Å². The number of carbonyl (C=O) groups excluding carboxylic acids is 1. The molecular weight excluding hydrogens is 795 g/mol. The maximum absolute atomic E-state index is 13.9. The molecule has 0 radical (unpaired) electrons. The standard InChI is InChI=1S/C20H14ClF4NO2.C20H12ClF4NO2/c2*21-15-5-1-13(17(22)10-15)9-19(27)18-8-4-14(11-26-18)12-2-6-16(7-3-12)28-20(23,24)25/h1-8,10-11,19,27H,9H2;1-8,10-11H,9H2. The van der Waals surface area contributed by atoms with Gasteiger partial charge in [0, 0.05) is 46.4 Å². The Kier molecular flexibility index (Phi) is 13.3. The quantitative estimate of drug-likeness (QED) is 0.109. The van der Waals surface area contributed by atoms with Crippen molar-refractivity contribution in [2.24, 2.45) is 0 Å². The lowest BCUT2D eigenvalue weighted by Gasteiger charge is -2.12. The van der Waals surface area contributed by atoms with Crippen LogP contribution >= 0.6 is 23.2 Å². The summed E-state index contributed by atoms with van der Waals surface area (Å²) >= 11 is 11.4. The summed E-state index contributed by atoms with van der Waals surface area (Å²) in [6.45, 7) is 0. The summed E-state index contributed by atoms with van der Waals surface area (Å²) in [5.74, 6) is -2.10. The summed E-state index contributed by atoms with van der Waals surface area (Å²) in [6, 6.07) is 25.2. The van der Waals surface area contributed by atoms with Crippen molar-refractivity contribution in [2.45, 2.75) is 31.7 Å². The summed E-state index contributed by atoms with van der Waals surface area (Å²) in [7, 11) is 0. The second kappa shape index (κ2) is 17.9. The number of hydrogen-bond acceptors (Lipinski definition) is 6. The van der Waals surface area contributed by atoms with E-state index >= 15 is 0 Å². The molecule has 6 aromatic rings. The Bertz CT molecular complexity index is 2250. The van der Waals surface area contributed by atoms with E-state index in [9.17, 15) is 45.0 Å². The molecule has 0 spiro atoms. The first-order valence-electron chi connectivity index (χ1n) is 16.2. The molecule has 0 bridgehead atoms. The van der Waals surface area contributed by atoms with E-state index in [4.69, 9.17) is 23.2 Å². The fourth-order valence-electron chi connectivity index (χ4n) is 5.13. The van der Waals surface area contributed by atoms with Crippen molar-refractivity contribution in [3.8, 4) is 33.8 Å². The van der Waals surface area contributed by atoms with Crippen molar-refractivity contribution < 1.29 is 54.5 Å². The van der Waals surface area contributed by atoms with Crippen molar-refractivity contribution in [1.29, 1.82) is 0 Å². The number of nitrogens with zero attached hydrogens (tertiary/aromatic N) is 2. The van der Waals surface area contributed by atoms with Crippen molar-refractivity contribution in [2.75, 3.05) is 0 Å². The van der Waals surface area contributed by atoms with E-state index in [1.54, 1.807) is 18.2 Å². The van der Waals surface area contributed by atoms with E-state index in [1.807, 2.05) is 0 Å². The third-order valence-electron chi connectivity index (χ3n) is 7.81. The molecule has 0 saturated heterocycles. The Balaban J connectivity index is 0.000000214. The van der Waals surface area contributed by atoms with E-state index < -0.39 is 30.5 Å². The lowest BCUT2D eigenvalue weighted by Crippen LogP contribution is -2.16. The maximum Gasteiger partial charge on any atom is 0.573 e. The van der Waals surface area contributed by atoms with Gasteiger partial charge in [-0.1, -0.05) is 71.7 Å². The van der Waals surface area contributed by atoms with E-state index in [0.717, 1.165) is 6.07 Å². The zero-order chi connectivity index (χ0) is 40.6. The molecule has 2 heterocycles. The van der Waals surface area contributed by atoms with Gasteiger partial charge in [0.2, 0.25) is 0 Å². The van der Waals surface area contributed by atoms with Gasteiger partial charge in [-0.3, -0.25) is 14.8 Å². The number of pyridine rings is 2. The fourth-order valence-corrected chi connectivity index (χ4v) is 5.45. The van der Waals surface area contributed by atoms with Crippen molar-refractivity contribution in [3.05, 3.63) is 166 Å². The third kappa shape index (κ3) is 12.2. The number of alkyl halides is 6. The van der Waals surface area contributed by atoms with Crippen LogP contribution in [0.25, 0.3) is 22.3 Å². The van der Waals surface area contributed by atoms with Gasteiger partial charge in [-0.05, 0) is 82.9 Å². The van der Waals surface area contributed by atoms with Gasteiger partial charge in [0.25, 0.3) is 0 Å². The molecule has 0 saturated carbocycles. The topological polar surface area (TPSA) is 81.5 Å². The van der Waals surface area contributed by atoms with Crippen LogP contribution in [0.3, 0.4) is 0 Å². The number of halogens is 10. The van der Waals surface area contributed by atoms with Gasteiger partial charge >= 0.3 is 12.7 Å². The highest BCUT2D eigenvalue weighted by atomic mass is 35.5. The summed E-state index contributed by atoms with van der Waals surface area (Å²) in [5, 5.41) is 10.8. The molecule has 0 amide bonds. The number of aliphatic hydroxyl groups is 1. The molecule has 1 atom stereocenters. The average Bonchev–Trinajstić information content (AvgIpc) is 3.14. The molecular formula is C40H26Cl2F8N2O4. The number of hydrogen-bond donors (Lipinski definition) is 1. The van der Waals surface area contributed by atoms with Gasteiger partial charge in [0.15, 0.2) is 5.78 Å². The normalized spacial score (nSPS) is 12.0. The lowest BCUT2D eigenvalue weighted by atomic mass is 10.0. The van der Waals surface area contributed by atoms with Gasteiger partial charge < -0.3 is 14.6 Å². The van der Waals surface area contributed by atoms with Crippen LogP contribution in [0.4, 0.5) is 35.1 Å². The van der Waals surface area contributed by atoms with Gasteiger partial charge in [0.1, 0.15) is 34.9 Å². The van der Waals surface area contributed by atoms with E-state index in [0.29, 0.717) is 33.5 Å². The van der Waals surface area contributed by atoms with Gasteiger partial charge in [0.05, 0.1) is 5.69 Å². The lowest BCUT2D eigenvalue weighted by molar-refractivity contribution is -0.275. The molecule has 16 heteroatoms. The number of ketones is 1. The third-order valence-corrected chi connectivity index (χ3v) is 8.28. The minimum absolute atomic E-state index is 0.0266. The van der Waals surface area contributed by atoms with E-state index in [-0.39, 0.29) is 51.4 Å². The molecule has 6 nitrogen and oxygen atoms in total. The number of Topliss-reactive ketones (excluding diaryl/α,β-unsaturated/α-hetero) is 1. The Morgan fingerprint density at radius 3 is 1.46 bits per heavy atom. The van der Waals surface area contributed by atoms with Crippen LogP contribution in [0.1, 0.15) is 33.4 Å². The summed E-state index contributed by atoms with van der Waals surface area (Å²) < 4.78 is 108. The molecule has 56 heavy (non-hydrogen) atoms. The van der Waals surface area contributed by atoms with E-state index in [1.165, 1.54) is 97.3 Å². The summed E-state index contributed by atoms with van der Waals surface area (Å²) in [6.07, 6.45) is -7.76. The molecule has 290 valence electrons. The van der Waals surface area contributed by atoms with Gasteiger partial charge in [-0.15, -0.1) is 26.3 Å². The van der Waals surface area contributed by atoms with Crippen LogP contribution in [0.5, 0.6) is 11.5 Å². The average molecular weight is 822 g/mol. The number of aliphatic hydroxyl groups excluding tert-OH is 1. The summed E-state index contributed by atoms with van der Waals surface area (Å²) in [5.41, 5.74) is 3.49. The Morgan fingerprint density at radius 2 is 1.05 bits per heavy atom. The Hall–Kier alpha value is -5.57. The Morgan fingerprint density at radius 1 is 0.607 bits per heavy atom. The zero-order valence-corrected chi connectivity index (χ0v) is 29.9. The van der Waals surface area contributed by atoms with Gasteiger partial charge in [-0.2, -0.15) is 0 Å². The minimum atomic E-state index is -4.76. The predicted octanol–water partition coefficient (Wildman–Crippen LogP) is 11.6. The maximum atomic E-state index is 13.9. The van der Waals surface area contributed by atoms with Crippen LogP contribution in [0.15, 0.2) is 122 Å². The first kappa shape index (κ1) is 41.6. The highest BCUT2D eigenvalue weighted by Gasteiger charge is 2.31. The number of ether oxygens (including phenoxy) is 2. The Labute approximate surface area is 323 Å². The van der Waals surface area contributed by atoms with Crippen LogP contribution in [0, 0.1) is 11.6 Å². The van der Waals surface area contributed by atoms with Crippen molar-refractivity contribution >= 4 is 29.0 Å². The second-order valence-corrected chi connectivity index (χ2v) is 12.7.